The lowest BCUT2D eigenvalue weighted by Crippen LogP contribution is -2.29. The lowest BCUT2D eigenvalue weighted by Gasteiger charge is -2.28. The van der Waals surface area contributed by atoms with Gasteiger partial charge in [-0.05, 0) is 37.0 Å². The van der Waals surface area contributed by atoms with E-state index in [1.165, 1.54) is 31.0 Å². The van der Waals surface area contributed by atoms with E-state index in [1.54, 1.807) is 6.08 Å². The van der Waals surface area contributed by atoms with Crippen molar-refractivity contribution in [3.8, 4) is 0 Å². The van der Waals surface area contributed by atoms with Gasteiger partial charge in [0.2, 0.25) is 0 Å². The van der Waals surface area contributed by atoms with Crippen LogP contribution in [0, 0.1) is 0 Å². The molecular formula is C16H19NO2. The monoisotopic (exact) mass is 257 g/mol. The van der Waals surface area contributed by atoms with Crippen LogP contribution >= 0.6 is 0 Å². The Balaban J connectivity index is 1.96. The predicted molar refractivity (Wildman–Crippen MR) is 78.3 cm³/mol. The molecule has 1 heterocycles. The fourth-order valence-corrected chi connectivity index (χ4v) is 2.25. The maximum absolute atomic E-state index is 10.3. The van der Waals surface area contributed by atoms with Crippen molar-refractivity contribution in [3.63, 3.8) is 0 Å². The molecule has 1 aliphatic rings. The van der Waals surface area contributed by atoms with E-state index >= 15 is 0 Å². The molecule has 1 N–H and O–H groups in total. The fourth-order valence-electron chi connectivity index (χ4n) is 2.25. The van der Waals surface area contributed by atoms with Gasteiger partial charge in [-0.15, -0.1) is 0 Å². The molecule has 1 aromatic carbocycles. The van der Waals surface area contributed by atoms with Crippen molar-refractivity contribution in [1.82, 2.24) is 0 Å². The minimum absolute atomic E-state index is 0.926. The van der Waals surface area contributed by atoms with Crippen molar-refractivity contribution in [2.75, 3.05) is 18.0 Å². The van der Waals surface area contributed by atoms with Crippen LogP contribution in [0.4, 0.5) is 5.69 Å². The van der Waals surface area contributed by atoms with Crippen LogP contribution in [0.15, 0.2) is 42.5 Å². The Kier molecular flexibility index (Phi) is 4.78. The van der Waals surface area contributed by atoms with Gasteiger partial charge in [-0.3, -0.25) is 0 Å². The molecule has 0 saturated carbocycles. The van der Waals surface area contributed by atoms with Gasteiger partial charge < -0.3 is 10.0 Å². The Labute approximate surface area is 113 Å². The maximum Gasteiger partial charge on any atom is 0.328 e. The van der Waals surface area contributed by atoms with Gasteiger partial charge in [-0.1, -0.05) is 30.4 Å². The van der Waals surface area contributed by atoms with Crippen LogP contribution in [0.1, 0.15) is 24.8 Å². The topological polar surface area (TPSA) is 40.5 Å². The highest BCUT2D eigenvalue weighted by Crippen LogP contribution is 2.20. The number of carboxylic acids is 1. The van der Waals surface area contributed by atoms with Crippen molar-refractivity contribution in [2.45, 2.75) is 19.3 Å². The lowest BCUT2D eigenvalue weighted by molar-refractivity contribution is -0.131. The summed E-state index contributed by atoms with van der Waals surface area (Å²) in [7, 11) is 0. The molecule has 0 amide bonds. The average molecular weight is 257 g/mol. The quantitative estimate of drug-likeness (QED) is 0.664. The van der Waals surface area contributed by atoms with Gasteiger partial charge in [0.25, 0.3) is 0 Å². The molecular weight excluding hydrogens is 238 g/mol. The zero-order valence-corrected chi connectivity index (χ0v) is 11.0. The number of piperidine rings is 1. The van der Waals surface area contributed by atoms with Gasteiger partial charge in [0.1, 0.15) is 0 Å². The second-order valence-electron chi connectivity index (χ2n) is 4.70. The second-order valence-corrected chi connectivity index (χ2v) is 4.70. The van der Waals surface area contributed by atoms with E-state index in [-0.39, 0.29) is 0 Å². The summed E-state index contributed by atoms with van der Waals surface area (Å²) in [6, 6.07) is 8.39. The van der Waals surface area contributed by atoms with Crippen molar-refractivity contribution < 1.29 is 9.90 Å². The molecule has 1 fully saturated rings. The lowest BCUT2D eigenvalue weighted by atomic mass is 10.1. The second kappa shape index (κ2) is 6.78. The summed E-state index contributed by atoms with van der Waals surface area (Å²) in [6.45, 7) is 2.30. The summed E-state index contributed by atoms with van der Waals surface area (Å²) in [4.78, 5) is 12.7. The molecule has 0 aromatic heterocycles. The Bertz CT molecular complexity index is 468. The highest BCUT2D eigenvalue weighted by atomic mass is 16.4. The number of carbonyl (C=O) groups is 1. The van der Waals surface area contributed by atoms with E-state index in [9.17, 15) is 4.79 Å². The highest BCUT2D eigenvalue weighted by Gasteiger charge is 2.09. The average Bonchev–Trinajstić information content (AvgIpc) is 2.45. The summed E-state index contributed by atoms with van der Waals surface area (Å²) in [5.41, 5.74) is 2.36. The number of anilines is 1. The molecule has 3 nitrogen and oxygen atoms in total. The van der Waals surface area contributed by atoms with E-state index < -0.39 is 5.97 Å². The number of hydrogen-bond acceptors (Lipinski definition) is 2. The maximum atomic E-state index is 10.3. The number of carboxylic acid groups (broad SMARTS) is 1. The van der Waals surface area contributed by atoms with Crippen LogP contribution < -0.4 is 4.90 Å². The van der Waals surface area contributed by atoms with Crippen molar-refractivity contribution >= 4 is 17.7 Å². The third kappa shape index (κ3) is 4.28. The fraction of sp³-hybridized carbons (Fsp3) is 0.312. The van der Waals surface area contributed by atoms with Crippen molar-refractivity contribution in [2.24, 2.45) is 0 Å². The van der Waals surface area contributed by atoms with E-state index in [0.717, 1.165) is 24.7 Å². The van der Waals surface area contributed by atoms with Crippen LogP contribution in [0.3, 0.4) is 0 Å². The molecule has 2 rings (SSSR count). The zero-order chi connectivity index (χ0) is 13.5. The third-order valence-electron chi connectivity index (χ3n) is 3.25. The van der Waals surface area contributed by atoms with Crippen molar-refractivity contribution in [3.05, 3.63) is 48.1 Å². The van der Waals surface area contributed by atoms with E-state index in [1.807, 2.05) is 6.08 Å². The first kappa shape index (κ1) is 13.4. The minimum Gasteiger partial charge on any atom is -0.478 e. The molecule has 0 aliphatic carbocycles. The molecule has 100 valence electrons. The molecule has 1 saturated heterocycles. The summed E-state index contributed by atoms with van der Waals surface area (Å²) < 4.78 is 0. The third-order valence-corrected chi connectivity index (χ3v) is 3.25. The first-order valence-electron chi connectivity index (χ1n) is 6.68. The number of nitrogens with zero attached hydrogens (tertiary/aromatic N) is 1. The number of aliphatic carboxylic acids is 1. The largest absolute Gasteiger partial charge is 0.478 e. The van der Waals surface area contributed by atoms with Gasteiger partial charge in [0, 0.05) is 24.9 Å². The SMILES string of the molecule is O=C(O)C=CC=Cc1ccc(N2CCCCC2)cc1. The highest BCUT2D eigenvalue weighted by molar-refractivity contribution is 5.80. The van der Waals surface area contributed by atoms with E-state index in [4.69, 9.17) is 5.11 Å². The molecule has 0 radical (unpaired) electrons. The van der Waals surface area contributed by atoms with E-state index in [0.29, 0.717) is 0 Å². The molecule has 0 unspecified atom stereocenters. The van der Waals surface area contributed by atoms with Crippen LogP contribution in [0.5, 0.6) is 0 Å². The van der Waals surface area contributed by atoms with E-state index in [2.05, 4.69) is 29.2 Å². The van der Waals surface area contributed by atoms with Gasteiger partial charge >= 0.3 is 5.97 Å². The Morgan fingerprint density at radius 2 is 1.74 bits per heavy atom. The number of rotatable bonds is 4. The van der Waals surface area contributed by atoms with Crippen LogP contribution in [-0.2, 0) is 4.79 Å². The molecule has 19 heavy (non-hydrogen) atoms. The molecule has 0 spiro atoms. The summed E-state index contributed by atoms with van der Waals surface area (Å²) in [5.74, 6) is -0.926. The molecule has 0 bridgehead atoms. The normalized spacial score (nSPS) is 16.3. The van der Waals surface area contributed by atoms with Crippen molar-refractivity contribution in [1.29, 1.82) is 0 Å². The van der Waals surface area contributed by atoms with Crippen LogP contribution in [0.25, 0.3) is 6.08 Å². The number of hydrogen-bond donors (Lipinski definition) is 1. The standard InChI is InChI=1S/C16H19NO2/c18-16(19)7-3-2-6-14-8-10-15(11-9-14)17-12-4-1-5-13-17/h2-3,6-11H,1,4-5,12-13H2,(H,18,19). The summed E-state index contributed by atoms with van der Waals surface area (Å²) in [5, 5.41) is 8.47. The zero-order valence-electron chi connectivity index (χ0n) is 11.0. The Hall–Kier alpha value is -2.03. The molecule has 1 aromatic rings. The Morgan fingerprint density at radius 1 is 1.05 bits per heavy atom. The summed E-state index contributed by atoms with van der Waals surface area (Å²) in [6.07, 6.45) is 10.2. The van der Waals surface area contributed by atoms with Gasteiger partial charge in [-0.2, -0.15) is 0 Å². The smallest absolute Gasteiger partial charge is 0.328 e. The van der Waals surface area contributed by atoms with Gasteiger partial charge in [0.05, 0.1) is 0 Å². The summed E-state index contributed by atoms with van der Waals surface area (Å²) >= 11 is 0. The minimum atomic E-state index is -0.926. The first-order chi connectivity index (χ1) is 9.25. The number of allylic oxidation sites excluding steroid dienone is 2. The van der Waals surface area contributed by atoms with Gasteiger partial charge in [0.15, 0.2) is 0 Å². The Morgan fingerprint density at radius 3 is 2.37 bits per heavy atom. The molecule has 0 atom stereocenters. The van der Waals surface area contributed by atoms with Gasteiger partial charge in [-0.25, -0.2) is 4.79 Å². The van der Waals surface area contributed by atoms with Crippen LogP contribution in [-0.4, -0.2) is 24.2 Å². The number of benzene rings is 1. The molecule has 1 aliphatic heterocycles. The van der Waals surface area contributed by atoms with Crippen LogP contribution in [0.2, 0.25) is 0 Å². The predicted octanol–water partition coefficient (Wildman–Crippen LogP) is 3.33. The molecule has 3 heteroatoms. The first-order valence-corrected chi connectivity index (χ1v) is 6.68.